The lowest BCUT2D eigenvalue weighted by Gasteiger charge is -2.22. The van der Waals surface area contributed by atoms with Crippen LogP contribution in [0.1, 0.15) is 6.04 Å². The van der Waals surface area contributed by atoms with Crippen molar-refractivity contribution in [2.45, 2.75) is 6.04 Å². The molecule has 2 aromatic rings. The van der Waals surface area contributed by atoms with E-state index in [1.807, 2.05) is 41.9 Å². The topological polar surface area (TPSA) is 80.6 Å². The number of hydrogen-bond acceptors (Lipinski definition) is 6. The van der Waals surface area contributed by atoms with Gasteiger partial charge >= 0.3 is 0 Å². The Hall–Kier alpha value is -1.97. The van der Waals surface area contributed by atoms with Crippen LogP contribution >= 0.6 is 0 Å². The molecule has 0 spiro atoms. The molecule has 1 aliphatic rings. The Kier molecular flexibility index (Phi) is 5.31. The average molecular weight is 379 g/mol. The molecule has 26 heavy (non-hydrogen) atoms. The van der Waals surface area contributed by atoms with Gasteiger partial charge in [-0.25, -0.2) is 22.7 Å². The molecule has 142 valence electrons. The molecule has 1 fully saturated rings. The van der Waals surface area contributed by atoms with Crippen LogP contribution in [0.2, 0.25) is 0 Å². The second kappa shape index (κ2) is 7.34. The molecule has 9 heteroatoms. The number of ether oxygens (including phenoxy) is 1. The van der Waals surface area contributed by atoms with Crippen molar-refractivity contribution in [2.24, 2.45) is 5.92 Å². The van der Waals surface area contributed by atoms with Gasteiger partial charge in [0.1, 0.15) is 11.6 Å². The van der Waals surface area contributed by atoms with Crippen molar-refractivity contribution in [3.63, 3.8) is 0 Å². The zero-order chi connectivity index (χ0) is 18.9. The predicted octanol–water partition coefficient (Wildman–Crippen LogP) is 1.09. The van der Waals surface area contributed by atoms with E-state index < -0.39 is 10.0 Å². The Morgan fingerprint density at radius 1 is 1.19 bits per heavy atom. The first-order valence-electron chi connectivity index (χ1n) is 8.44. The molecule has 8 nitrogen and oxygen atoms in total. The summed E-state index contributed by atoms with van der Waals surface area (Å²) >= 11 is 0. The maximum atomic E-state index is 12.3. The van der Waals surface area contributed by atoms with Gasteiger partial charge in [0.25, 0.3) is 0 Å². The first-order valence-corrected chi connectivity index (χ1v) is 10.0. The molecule has 0 bridgehead atoms. The second-order valence-corrected chi connectivity index (χ2v) is 9.11. The molecule has 0 N–H and O–H groups in total. The van der Waals surface area contributed by atoms with Gasteiger partial charge in [-0.2, -0.15) is 0 Å². The van der Waals surface area contributed by atoms with Gasteiger partial charge in [-0.3, -0.25) is 0 Å². The molecule has 1 saturated heterocycles. The third-order valence-electron chi connectivity index (χ3n) is 4.64. The molecule has 2 atom stereocenters. The quantitative estimate of drug-likeness (QED) is 0.747. The third-order valence-corrected chi connectivity index (χ3v) is 6.60. The number of imidazole rings is 1. The fourth-order valence-electron chi connectivity index (χ4n) is 3.06. The van der Waals surface area contributed by atoms with Crippen LogP contribution in [-0.2, 0) is 14.8 Å². The van der Waals surface area contributed by atoms with Crippen molar-refractivity contribution in [2.75, 3.05) is 52.1 Å². The number of aromatic nitrogens is 3. The Bertz CT molecular complexity index is 846. The standard InChI is InChI=1S/C17H25N5O3S/c1-20(2)16-6-5-13(9-19-16)17-18-7-8-22(17)15-11-25-10-14(15)12-26(23,24)21(3)4/h5-9,14-15H,10-12H2,1-4H3/t14-,15+/m0/s1. The molecule has 0 unspecified atom stereocenters. The zero-order valence-corrected chi connectivity index (χ0v) is 16.3. The van der Waals surface area contributed by atoms with E-state index in [0.29, 0.717) is 13.2 Å². The maximum Gasteiger partial charge on any atom is 0.214 e. The number of anilines is 1. The SMILES string of the molecule is CN(C)c1ccc(-c2nccn2[C@@H]2COC[C@H]2CS(=O)(=O)N(C)C)cn1. The fraction of sp³-hybridized carbons (Fsp3) is 0.529. The van der Waals surface area contributed by atoms with E-state index >= 15 is 0 Å². The Morgan fingerprint density at radius 3 is 2.58 bits per heavy atom. The van der Waals surface area contributed by atoms with E-state index in [4.69, 9.17) is 4.74 Å². The molecular formula is C17H25N5O3S. The van der Waals surface area contributed by atoms with Crippen LogP contribution in [0.15, 0.2) is 30.7 Å². The van der Waals surface area contributed by atoms with Crippen LogP contribution in [0, 0.1) is 5.92 Å². The first kappa shape index (κ1) is 18.8. The molecule has 3 heterocycles. The van der Waals surface area contributed by atoms with Crippen LogP contribution in [0.4, 0.5) is 5.82 Å². The summed E-state index contributed by atoms with van der Waals surface area (Å²) in [6.45, 7) is 0.896. The zero-order valence-electron chi connectivity index (χ0n) is 15.5. The van der Waals surface area contributed by atoms with Crippen molar-refractivity contribution in [3.8, 4) is 11.4 Å². The van der Waals surface area contributed by atoms with Crippen LogP contribution < -0.4 is 4.90 Å². The molecule has 0 radical (unpaired) electrons. The van der Waals surface area contributed by atoms with Crippen molar-refractivity contribution >= 4 is 15.8 Å². The van der Waals surface area contributed by atoms with Crippen molar-refractivity contribution in [1.29, 1.82) is 0 Å². The molecule has 3 rings (SSSR count). The highest BCUT2D eigenvalue weighted by Gasteiger charge is 2.35. The van der Waals surface area contributed by atoms with Crippen LogP contribution in [0.3, 0.4) is 0 Å². The summed E-state index contributed by atoms with van der Waals surface area (Å²) in [6.07, 6.45) is 5.39. The molecule has 0 amide bonds. The molecule has 1 aliphatic heterocycles. The average Bonchev–Trinajstić information content (AvgIpc) is 3.23. The first-order chi connectivity index (χ1) is 12.3. The lowest BCUT2D eigenvalue weighted by molar-refractivity contribution is 0.182. The van der Waals surface area contributed by atoms with Gasteiger partial charge in [0.2, 0.25) is 10.0 Å². The minimum atomic E-state index is -3.30. The summed E-state index contributed by atoms with van der Waals surface area (Å²) in [5.74, 6) is 1.57. The van der Waals surface area contributed by atoms with Crippen LogP contribution in [0.5, 0.6) is 0 Å². The van der Waals surface area contributed by atoms with Crippen molar-refractivity contribution in [3.05, 3.63) is 30.7 Å². The highest BCUT2D eigenvalue weighted by molar-refractivity contribution is 7.89. The normalized spacial score (nSPS) is 20.7. The second-order valence-electron chi connectivity index (χ2n) is 6.88. The summed E-state index contributed by atoms with van der Waals surface area (Å²) in [4.78, 5) is 10.8. The fourth-order valence-corrected chi connectivity index (χ4v) is 4.22. The molecule has 0 saturated carbocycles. The van der Waals surface area contributed by atoms with E-state index in [1.165, 1.54) is 4.31 Å². The predicted molar refractivity (Wildman–Crippen MR) is 101 cm³/mol. The summed E-state index contributed by atoms with van der Waals surface area (Å²) in [7, 11) is 3.69. The summed E-state index contributed by atoms with van der Waals surface area (Å²) < 4.78 is 33.5. The van der Waals surface area contributed by atoms with E-state index in [2.05, 4.69) is 9.97 Å². The monoisotopic (exact) mass is 379 g/mol. The molecule has 2 aromatic heterocycles. The van der Waals surface area contributed by atoms with Crippen molar-refractivity contribution in [1.82, 2.24) is 18.8 Å². The van der Waals surface area contributed by atoms with Crippen molar-refractivity contribution < 1.29 is 13.2 Å². The summed E-state index contributed by atoms with van der Waals surface area (Å²) in [5, 5.41) is 0. The van der Waals surface area contributed by atoms with Gasteiger partial charge in [-0.05, 0) is 12.1 Å². The highest BCUT2D eigenvalue weighted by atomic mass is 32.2. The Morgan fingerprint density at radius 2 is 1.96 bits per heavy atom. The minimum absolute atomic E-state index is 0.0557. The van der Waals surface area contributed by atoms with Gasteiger partial charge in [-0.15, -0.1) is 0 Å². The Balaban J connectivity index is 1.87. The van der Waals surface area contributed by atoms with E-state index in [1.54, 1.807) is 26.5 Å². The smallest absolute Gasteiger partial charge is 0.214 e. The minimum Gasteiger partial charge on any atom is -0.379 e. The van der Waals surface area contributed by atoms with Crippen LogP contribution in [-0.4, -0.2) is 74.4 Å². The van der Waals surface area contributed by atoms with E-state index in [9.17, 15) is 8.42 Å². The number of rotatable bonds is 6. The largest absolute Gasteiger partial charge is 0.379 e. The summed E-state index contributed by atoms with van der Waals surface area (Å²) in [5.41, 5.74) is 0.890. The van der Waals surface area contributed by atoms with Gasteiger partial charge in [0, 0.05) is 58.3 Å². The lowest BCUT2D eigenvalue weighted by atomic mass is 10.1. The number of pyridine rings is 1. The third kappa shape index (κ3) is 3.74. The summed E-state index contributed by atoms with van der Waals surface area (Å²) in [6, 6.07) is 3.84. The number of nitrogens with zero attached hydrogens (tertiary/aromatic N) is 5. The molecular weight excluding hydrogens is 354 g/mol. The lowest BCUT2D eigenvalue weighted by Crippen LogP contribution is -2.32. The van der Waals surface area contributed by atoms with Gasteiger partial charge in [-0.1, -0.05) is 0 Å². The molecule has 0 aliphatic carbocycles. The van der Waals surface area contributed by atoms with Gasteiger partial charge < -0.3 is 14.2 Å². The highest BCUT2D eigenvalue weighted by Crippen LogP contribution is 2.31. The van der Waals surface area contributed by atoms with Crippen LogP contribution in [0.25, 0.3) is 11.4 Å². The van der Waals surface area contributed by atoms with Gasteiger partial charge in [0.05, 0.1) is 25.0 Å². The maximum absolute atomic E-state index is 12.3. The number of hydrogen-bond donors (Lipinski definition) is 0. The number of sulfonamides is 1. The van der Waals surface area contributed by atoms with E-state index in [0.717, 1.165) is 17.2 Å². The molecule has 0 aromatic carbocycles. The van der Waals surface area contributed by atoms with Gasteiger partial charge in [0.15, 0.2) is 0 Å². The Labute approximate surface area is 154 Å². The van der Waals surface area contributed by atoms with E-state index in [-0.39, 0.29) is 17.7 Å².